The summed E-state index contributed by atoms with van der Waals surface area (Å²) in [4.78, 5) is 26.7. The van der Waals surface area contributed by atoms with E-state index in [1.807, 2.05) is 7.05 Å². The molecule has 0 bridgehead atoms. The lowest BCUT2D eigenvalue weighted by molar-refractivity contribution is -0.274. The van der Waals surface area contributed by atoms with E-state index in [1.54, 1.807) is 0 Å². The Labute approximate surface area is 233 Å². The fraction of sp³-hybridized carbons (Fsp3) is 0.742. The van der Waals surface area contributed by atoms with Crippen LogP contribution in [0.25, 0.3) is 0 Å². The first-order chi connectivity index (χ1) is 18.6. The van der Waals surface area contributed by atoms with Crippen molar-refractivity contribution < 1.29 is 27.5 Å². The highest BCUT2D eigenvalue weighted by molar-refractivity contribution is 5.95. The van der Waals surface area contributed by atoms with Crippen LogP contribution in [0.5, 0.6) is 5.75 Å². The van der Waals surface area contributed by atoms with E-state index in [-0.39, 0.29) is 17.4 Å². The first-order valence-corrected chi connectivity index (χ1v) is 15.0. The maximum Gasteiger partial charge on any atom is 0.573 e. The van der Waals surface area contributed by atoms with E-state index < -0.39 is 17.8 Å². The molecule has 1 aromatic carbocycles. The number of benzene rings is 1. The zero-order valence-corrected chi connectivity index (χ0v) is 24.3. The van der Waals surface area contributed by atoms with Gasteiger partial charge < -0.3 is 15.4 Å². The number of amides is 1. The second kappa shape index (κ2) is 16.2. The van der Waals surface area contributed by atoms with E-state index in [9.17, 15) is 22.8 Å². The number of rotatable bonds is 14. The Bertz CT molecular complexity index is 863. The summed E-state index contributed by atoms with van der Waals surface area (Å²) in [5.74, 6) is 0.0214. The van der Waals surface area contributed by atoms with Gasteiger partial charge in [0, 0.05) is 12.5 Å². The Morgan fingerprint density at radius 2 is 1.64 bits per heavy atom. The SMILES string of the molecule is CCC.CCCC(CCCC(=O)[C@H](CC1CCCCC1)NC(=O)C1(c2ccc(OC(F)(F)F)cc2)CC1)NC. The molecule has 0 heterocycles. The van der Waals surface area contributed by atoms with Crippen LogP contribution in [-0.4, -0.2) is 37.2 Å². The molecule has 3 rings (SSSR count). The largest absolute Gasteiger partial charge is 0.573 e. The fourth-order valence-electron chi connectivity index (χ4n) is 5.55. The summed E-state index contributed by atoms with van der Waals surface area (Å²) in [7, 11) is 1.95. The van der Waals surface area contributed by atoms with Gasteiger partial charge in [-0.05, 0) is 69.2 Å². The smallest absolute Gasteiger partial charge is 0.406 e. The molecule has 2 aliphatic rings. The van der Waals surface area contributed by atoms with E-state index >= 15 is 0 Å². The highest BCUT2D eigenvalue weighted by Gasteiger charge is 2.52. The fourth-order valence-corrected chi connectivity index (χ4v) is 5.55. The van der Waals surface area contributed by atoms with Gasteiger partial charge >= 0.3 is 6.36 Å². The molecular formula is C31H49F3N2O3. The molecule has 0 radical (unpaired) electrons. The van der Waals surface area contributed by atoms with E-state index in [1.165, 1.54) is 37.1 Å². The molecule has 1 aromatic rings. The second-order valence-corrected chi connectivity index (χ2v) is 11.3. The van der Waals surface area contributed by atoms with Gasteiger partial charge in [-0.15, -0.1) is 13.2 Å². The summed E-state index contributed by atoms with van der Waals surface area (Å²) in [6.07, 6.45) is 8.43. The first kappa shape index (κ1) is 33.1. The number of ether oxygens (including phenoxy) is 1. The summed E-state index contributed by atoms with van der Waals surface area (Å²) in [6, 6.07) is 5.43. The minimum Gasteiger partial charge on any atom is -0.406 e. The van der Waals surface area contributed by atoms with Gasteiger partial charge in [0.05, 0.1) is 11.5 Å². The van der Waals surface area contributed by atoms with Crippen LogP contribution in [0.1, 0.15) is 116 Å². The van der Waals surface area contributed by atoms with Crippen LogP contribution in [0.15, 0.2) is 24.3 Å². The van der Waals surface area contributed by atoms with Gasteiger partial charge in [0.25, 0.3) is 0 Å². The third kappa shape index (κ3) is 11.1. The molecule has 2 fully saturated rings. The molecule has 0 aromatic heterocycles. The standard InChI is InChI=1S/C28H41F3N2O3.C3H8/c1-3-8-22(32-2)11-7-12-25(34)24(19-20-9-5-4-6-10-20)33-26(35)27(17-18-27)21-13-15-23(16-14-21)36-28(29,30)31;1-3-2/h13-16,20,22,24,32H,3-12,17-19H2,1-2H3,(H,33,35);3H2,1-2H3/t22?,24-;/m0./s1. The van der Waals surface area contributed by atoms with Crippen LogP contribution < -0.4 is 15.4 Å². The quantitative estimate of drug-likeness (QED) is 0.248. The van der Waals surface area contributed by atoms with Crippen molar-refractivity contribution in [1.29, 1.82) is 0 Å². The Kier molecular flexibility index (Phi) is 13.8. The van der Waals surface area contributed by atoms with Crippen molar-refractivity contribution in [3.8, 4) is 5.75 Å². The number of carbonyl (C=O) groups excluding carboxylic acids is 2. The van der Waals surface area contributed by atoms with Crippen LogP contribution in [0.3, 0.4) is 0 Å². The van der Waals surface area contributed by atoms with Crippen LogP contribution in [-0.2, 0) is 15.0 Å². The van der Waals surface area contributed by atoms with Gasteiger partial charge in [-0.2, -0.15) is 0 Å². The Morgan fingerprint density at radius 3 is 2.15 bits per heavy atom. The lowest BCUT2D eigenvalue weighted by Gasteiger charge is -2.28. The highest BCUT2D eigenvalue weighted by atomic mass is 19.4. The molecule has 2 N–H and O–H groups in total. The number of halogens is 3. The number of hydrogen-bond donors (Lipinski definition) is 2. The average molecular weight is 555 g/mol. The average Bonchev–Trinajstić information content (AvgIpc) is 3.70. The molecular weight excluding hydrogens is 505 g/mol. The molecule has 39 heavy (non-hydrogen) atoms. The molecule has 8 heteroatoms. The van der Waals surface area contributed by atoms with Crippen molar-refractivity contribution in [1.82, 2.24) is 10.6 Å². The maximum absolute atomic E-state index is 13.4. The third-order valence-corrected chi connectivity index (χ3v) is 7.83. The summed E-state index contributed by atoms with van der Waals surface area (Å²) in [6.45, 7) is 6.40. The van der Waals surface area contributed by atoms with E-state index in [0.717, 1.165) is 51.4 Å². The molecule has 0 spiro atoms. The predicted octanol–water partition coefficient (Wildman–Crippen LogP) is 7.62. The van der Waals surface area contributed by atoms with Crippen LogP contribution in [0.4, 0.5) is 13.2 Å². The molecule has 0 saturated heterocycles. The van der Waals surface area contributed by atoms with Gasteiger partial charge in [-0.1, -0.05) is 77.8 Å². The predicted molar refractivity (Wildman–Crippen MR) is 150 cm³/mol. The van der Waals surface area contributed by atoms with E-state index in [2.05, 4.69) is 36.1 Å². The van der Waals surface area contributed by atoms with Crippen molar-refractivity contribution in [2.24, 2.45) is 5.92 Å². The van der Waals surface area contributed by atoms with Crippen LogP contribution in [0.2, 0.25) is 0 Å². The molecule has 2 atom stereocenters. The molecule has 2 aliphatic carbocycles. The lowest BCUT2D eigenvalue weighted by Crippen LogP contribution is -2.46. The number of hydrogen-bond acceptors (Lipinski definition) is 4. The minimum atomic E-state index is -4.76. The van der Waals surface area contributed by atoms with Gasteiger partial charge in [-0.25, -0.2) is 0 Å². The molecule has 5 nitrogen and oxygen atoms in total. The number of Topliss-reactive ketones (excluding diaryl/α,β-unsaturated/α-hetero) is 1. The normalized spacial score (nSPS) is 18.3. The summed E-state index contributed by atoms with van der Waals surface area (Å²) >= 11 is 0. The first-order valence-electron chi connectivity index (χ1n) is 15.0. The molecule has 1 unspecified atom stereocenters. The third-order valence-electron chi connectivity index (χ3n) is 7.83. The number of nitrogens with one attached hydrogen (secondary N) is 2. The summed E-state index contributed by atoms with van der Waals surface area (Å²) in [5, 5.41) is 6.39. The monoisotopic (exact) mass is 554 g/mol. The minimum absolute atomic E-state index is 0.0880. The lowest BCUT2D eigenvalue weighted by atomic mass is 9.83. The summed E-state index contributed by atoms with van der Waals surface area (Å²) in [5.41, 5.74) is -0.116. The van der Waals surface area contributed by atoms with Crippen molar-refractivity contribution in [2.75, 3.05) is 7.05 Å². The Morgan fingerprint density at radius 1 is 1.03 bits per heavy atom. The summed E-state index contributed by atoms with van der Waals surface area (Å²) < 4.78 is 41.5. The molecule has 2 saturated carbocycles. The maximum atomic E-state index is 13.4. The van der Waals surface area contributed by atoms with Crippen LogP contribution >= 0.6 is 0 Å². The van der Waals surface area contributed by atoms with Gasteiger partial charge in [0.15, 0.2) is 5.78 Å². The second-order valence-electron chi connectivity index (χ2n) is 11.3. The van der Waals surface area contributed by atoms with Crippen molar-refractivity contribution in [2.45, 2.75) is 135 Å². The number of alkyl halides is 3. The van der Waals surface area contributed by atoms with Gasteiger partial charge in [0.1, 0.15) is 5.75 Å². The number of carbonyl (C=O) groups is 2. The molecule has 1 amide bonds. The van der Waals surface area contributed by atoms with Crippen molar-refractivity contribution in [3.63, 3.8) is 0 Å². The topological polar surface area (TPSA) is 67.4 Å². The van der Waals surface area contributed by atoms with Crippen molar-refractivity contribution in [3.05, 3.63) is 29.8 Å². The highest BCUT2D eigenvalue weighted by Crippen LogP contribution is 2.49. The van der Waals surface area contributed by atoms with Gasteiger partial charge in [0.2, 0.25) is 5.91 Å². The zero-order chi connectivity index (χ0) is 28.9. The van der Waals surface area contributed by atoms with Gasteiger partial charge in [-0.3, -0.25) is 9.59 Å². The van der Waals surface area contributed by atoms with Crippen LogP contribution in [0, 0.1) is 5.92 Å². The number of ketones is 1. The zero-order valence-electron chi connectivity index (χ0n) is 24.3. The van der Waals surface area contributed by atoms with E-state index in [0.29, 0.717) is 43.2 Å². The molecule has 0 aliphatic heterocycles. The Hall–Kier alpha value is -2.09. The van der Waals surface area contributed by atoms with Crippen molar-refractivity contribution >= 4 is 11.7 Å². The molecule has 222 valence electrons. The Balaban J connectivity index is 0.00000170. The van der Waals surface area contributed by atoms with E-state index in [4.69, 9.17) is 0 Å².